The predicted molar refractivity (Wildman–Crippen MR) is 84.0 cm³/mol. The third-order valence-corrected chi connectivity index (χ3v) is 5.12. The van der Waals surface area contributed by atoms with Crippen LogP contribution in [0.3, 0.4) is 0 Å². The third-order valence-electron chi connectivity index (χ3n) is 3.82. The first kappa shape index (κ1) is 15.9. The number of sulfonamides is 1. The van der Waals surface area contributed by atoms with E-state index >= 15 is 0 Å². The third kappa shape index (κ3) is 4.26. The minimum atomic E-state index is -3.11. The highest BCUT2D eigenvalue weighted by atomic mass is 32.2. The zero-order valence-corrected chi connectivity index (χ0v) is 13.0. The Labute approximate surface area is 126 Å². The molecule has 3 N–H and O–H groups in total. The van der Waals surface area contributed by atoms with Crippen molar-refractivity contribution in [2.45, 2.75) is 5.92 Å². The van der Waals surface area contributed by atoms with E-state index in [0.717, 1.165) is 5.56 Å². The summed E-state index contributed by atoms with van der Waals surface area (Å²) in [5, 5.41) is 7.79. The van der Waals surface area contributed by atoms with Crippen molar-refractivity contribution in [2.75, 3.05) is 39.0 Å². The Kier molecular flexibility index (Phi) is 4.97. The predicted octanol–water partition coefficient (Wildman–Crippen LogP) is 0.283. The summed E-state index contributed by atoms with van der Waals surface area (Å²) in [7, 11) is -3.11. The summed E-state index contributed by atoms with van der Waals surface area (Å²) in [5.74, 6) is 0.00252. The Morgan fingerprint density at radius 1 is 1.24 bits per heavy atom. The molecule has 2 rings (SSSR count). The molecule has 0 aromatic heterocycles. The number of nitrogens with two attached hydrogens (primary N) is 1. The minimum Gasteiger partial charge on any atom is -0.387 e. The number of nitrogens with zero attached hydrogens (tertiary/aromatic N) is 2. The van der Waals surface area contributed by atoms with Crippen molar-refractivity contribution >= 4 is 15.9 Å². The summed E-state index contributed by atoms with van der Waals surface area (Å²) in [4.78, 5) is 2.17. The molecule has 0 aliphatic carbocycles. The van der Waals surface area contributed by atoms with E-state index in [4.69, 9.17) is 11.1 Å². The fourth-order valence-electron chi connectivity index (χ4n) is 2.57. The van der Waals surface area contributed by atoms with E-state index in [2.05, 4.69) is 4.90 Å². The van der Waals surface area contributed by atoms with Gasteiger partial charge in [-0.1, -0.05) is 30.3 Å². The molecule has 1 heterocycles. The molecule has 0 amide bonds. The number of rotatable bonds is 5. The lowest BCUT2D eigenvalue weighted by atomic mass is 9.97. The second-order valence-corrected chi connectivity index (χ2v) is 7.36. The monoisotopic (exact) mass is 310 g/mol. The van der Waals surface area contributed by atoms with Crippen molar-refractivity contribution in [3.8, 4) is 0 Å². The van der Waals surface area contributed by atoms with Crippen molar-refractivity contribution in [2.24, 2.45) is 5.73 Å². The van der Waals surface area contributed by atoms with Crippen LogP contribution in [-0.2, 0) is 10.0 Å². The first-order valence-electron chi connectivity index (χ1n) is 6.94. The van der Waals surface area contributed by atoms with Gasteiger partial charge in [0.05, 0.1) is 18.0 Å². The SMILES string of the molecule is CS(=O)(=O)N1CCN(CC(C(=N)N)c2ccccc2)CC1. The molecule has 1 unspecified atom stereocenters. The molecule has 116 valence electrons. The quantitative estimate of drug-likeness (QED) is 0.604. The van der Waals surface area contributed by atoms with E-state index < -0.39 is 10.0 Å². The molecule has 0 radical (unpaired) electrons. The molecule has 1 atom stereocenters. The molecule has 21 heavy (non-hydrogen) atoms. The molecule has 1 aliphatic rings. The molecule has 1 aliphatic heterocycles. The van der Waals surface area contributed by atoms with Crippen LogP contribution in [0.2, 0.25) is 0 Å². The van der Waals surface area contributed by atoms with E-state index in [1.54, 1.807) is 0 Å². The average Bonchev–Trinajstić information content (AvgIpc) is 2.45. The first-order chi connectivity index (χ1) is 9.88. The van der Waals surface area contributed by atoms with Gasteiger partial charge in [0.1, 0.15) is 0 Å². The summed E-state index contributed by atoms with van der Waals surface area (Å²) in [6.07, 6.45) is 1.24. The number of hydrogen-bond donors (Lipinski definition) is 2. The van der Waals surface area contributed by atoms with Gasteiger partial charge in [-0.05, 0) is 5.56 Å². The van der Waals surface area contributed by atoms with Gasteiger partial charge >= 0.3 is 0 Å². The van der Waals surface area contributed by atoms with E-state index in [1.165, 1.54) is 10.6 Å². The molecular formula is C14H22N4O2S. The maximum atomic E-state index is 11.5. The normalized spacial score (nSPS) is 19.3. The highest BCUT2D eigenvalue weighted by Crippen LogP contribution is 2.18. The van der Waals surface area contributed by atoms with Crippen LogP contribution in [0.5, 0.6) is 0 Å². The standard InChI is InChI=1S/C14H22N4O2S/c1-21(19,20)18-9-7-17(8-10-18)11-13(14(15)16)12-5-3-2-4-6-12/h2-6,13H,7-11H2,1H3,(H3,15,16). The fraction of sp³-hybridized carbons (Fsp3) is 0.500. The fourth-order valence-corrected chi connectivity index (χ4v) is 3.40. The van der Waals surface area contributed by atoms with Crippen LogP contribution < -0.4 is 5.73 Å². The number of amidine groups is 1. The van der Waals surface area contributed by atoms with Crippen LogP contribution in [0, 0.1) is 5.41 Å². The molecular weight excluding hydrogens is 288 g/mol. The maximum Gasteiger partial charge on any atom is 0.211 e. The number of nitrogens with one attached hydrogen (secondary N) is 1. The van der Waals surface area contributed by atoms with Crippen molar-refractivity contribution in [3.05, 3.63) is 35.9 Å². The van der Waals surface area contributed by atoms with Gasteiger partial charge in [-0.3, -0.25) is 10.3 Å². The number of benzene rings is 1. The summed E-state index contributed by atoms with van der Waals surface area (Å²) in [5.41, 5.74) is 6.76. The topological polar surface area (TPSA) is 90.5 Å². The molecule has 0 spiro atoms. The van der Waals surface area contributed by atoms with Gasteiger partial charge in [-0.25, -0.2) is 8.42 Å². The zero-order valence-electron chi connectivity index (χ0n) is 12.2. The molecule has 6 nitrogen and oxygen atoms in total. The number of hydrogen-bond acceptors (Lipinski definition) is 4. The van der Waals surface area contributed by atoms with Gasteiger partial charge in [-0.15, -0.1) is 0 Å². The van der Waals surface area contributed by atoms with E-state index in [9.17, 15) is 8.42 Å². The second kappa shape index (κ2) is 6.55. The van der Waals surface area contributed by atoms with E-state index in [-0.39, 0.29) is 11.8 Å². The summed E-state index contributed by atoms with van der Waals surface area (Å²) < 4.78 is 24.5. The first-order valence-corrected chi connectivity index (χ1v) is 8.79. The lowest BCUT2D eigenvalue weighted by molar-refractivity contribution is 0.187. The van der Waals surface area contributed by atoms with Gasteiger partial charge in [-0.2, -0.15) is 4.31 Å². The molecule has 0 bridgehead atoms. The van der Waals surface area contributed by atoms with Crippen molar-refractivity contribution in [1.82, 2.24) is 9.21 Å². The Morgan fingerprint density at radius 2 is 1.81 bits per heavy atom. The molecule has 1 fully saturated rings. The van der Waals surface area contributed by atoms with Gasteiger partial charge in [0.15, 0.2) is 0 Å². The highest BCUT2D eigenvalue weighted by Gasteiger charge is 2.26. The Balaban J connectivity index is 1.99. The van der Waals surface area contributed by atoms with Crippen LogP contribution >= 0.6 is 0 Å². The van der Waals surface area contributed by atoms with E-state index in [1.807, 2.05) is 30.3 Å². The molecule has 0 saturated carbocycles. The van der Waals surface area contributed by atoms with Gasteiger partial charge in [0.2, 0.25) is 10.0 Å². The van der Waals surface area contributed by atoms with Crippen LogP contribution in [0.25, 0.3) is 0 Å². The summed E-state index contributed by atoms with van der Waals surface area (Å²) in [6.45, 7) is 2.99. The van der Waals surface area contributed by atoms with Crippen molar-refractivity contribution < 1.29 is 8.42 Å². The molecule has 1 saturated heterocycles. The van der Waals surface area contributed by atoms with Crippen molar-refractivity contribution in [3.63, 3.8) is 0 Å². The maximum absolute atomic E-state index is 11.5. The molecule has 7 heteroatoms. The van der Waals surface area contributed by atoms with Crippen LogP contribution in [0.1, 0.15) is 11.5 Å². The van der Waals surface area contributed by atoms with Crippen molar-refractivity contribution in [1.29, 1.82) is 5.41 Å². The summed E-state index contributed by atoms with van der Waals surface area (Å²) >= 11 is 0. The average molecular weight is 310 g/mol. The van der Waals surface area contributed by atoms with Gasteiger partial charge in [0, 0.05) is 32.7 Å². The highest BCUT2D eigenvalue weighted by molar-refractivity contribution is 7.88. The lowest BCUT2D eigenvalue weighted by Gasteiger charge is -2.35. The zero-order chi connectivity index (χ0) is 15.5. The molecule has 1 aromatic rings. The smallest absolute Gasteiger partial charge is 0.211 e. The van der Waals surface area contributed by atoms with Crippen LogP contribution in [0.15, 0.2) is 30.3 Å². The number of piperazine rings is 1. The minimum absolute atomic E-state index is 0.143. The van der Waals surface area contributed by atoms with Gasteiger partial charge < -0.3 is 5.73 Å². The lowest BCUT2D eigenvalue weighted by Crippen LogP contribution is -2.50. The molecule has 1 aromatic carbocycles. The summed E-state index contributed by atoms with van der Waals surface area (Å²) in [6, 6.07) is 9.75. The Morgan fingerprint density at radius 3 is 2.29 bits per heavy atom. The Hall–Kier alpha value is -1.44. The second-order valence-electron chi connectivity index (χ2n) is 5.38. The van der Waals surface area contributed by atoms with Crippen LogP contribution in [0.4, 0.5) is 0 Å². The van der Waals surface area contributed by atoms with E-state index in [0.29, 0.717) is 32.7 Å². The Bertz CT molecular complexity index is 580. The van der Waals surface area contributed by atoms with Crippen LogP contribution in [-0.4, -0.2) is 62.4 Å². The largest absolute Gasteiger partial charge is 0.387 e. The van der Waals surface area contributed by atoms with Gasteiger partial charge in [0.25, 0.3) is 0 Å².